The molecular formula is C10H17N3. The van der Waals surface area contributed by atoms with E-state index in [4.69, 9.17) is 0 Å². The third-order valence-electron chi connectivity index (χ3n) is 3.00. The third-order valence-corrected chi connectivity index (χ3v) is 3.00. The largest absolute Gasteiger partial charge is 0.316 e. The summed E-state index contributed by atoms with van der Waals surface area (Å²) in [6.45, 7) is 6.81. The summed E-state index contributed by atoms with van der Waals surface area (Å²) in [5.74, 6) is 0.612. The van der Waals surface area contributed by atoms with E-state index in [1.165, 1.54) is 5.56 Å². The van der Waals surface area contributed by atoms with Gasteiger partial charge in [-0.3, -0.25) is 4.68 Å². The van der Waals surface area contributed by atoms with Crippen molar-refractivity contribution in [1.29, 1.82) is 0 Å². The zero-order valence-corrected chi connectivity index (χ0v) is 8.54. The van der Waals surface area contributed by atoms with E-state index in [9.17, 15) is 0 Å². The zero-order valence-electron chi connectivity index (χ0n) is 8.54. The number of aryl methyl sites for hydroxylation is 1. The minimum Gasteiger partial charge on any atom is -0.316 e. The molecule has 3 heteroatoms. The van der Waals surface area contributed by atoms with Crippen LogP contribution < -0.4 is 5.32 Å². The van der Waals surface area contributed by atoms with Crippen molar-refractivity contribution in [3.8, 4) is 0 Å². The fourth-order valence-electron chi connectivity index (χ4n) is 2.13. The van der Waals surface area contributed by atoms with E-state index >= 15 is 0 Å². The quantitative estimate of drug-likeness (QED) is 0.700. The molecule has 0 unspecified atom stereocenters. The van der Waals surface area contributed by atoms with Crippen LogP contribution in [0.2, 0.25) is 0 Å². The van der Waals surface area contributed by atoms with Crippen molar-refractivity contribution >= 4 is 0 Å². The van der Waals surface area contributed by atoms with E-state index in [1.807, 2.05) is 17.9 Å². The average Bonchev–Trinajstić information content (AvgIpc) is 2.56. The summed E-state index contributed by atoms with van der Waals surface area (Å²) in [6, 6.07) is 0. The second-order valence-corrected chi connectivity index (χ2v) is 4.62. The molecule has 72 valence electrons. The summed E-state index contributed by atoms with van der Waals surface area (Å²) < 4.78 is 1.88. The van der Waals surface area contributed by atoms with Crippen molar-refractivity contribution in [1.82, 2.24) is 15.1 Å². The lowest BCUT2D eigenvalue weighted by Crippen LogP contribution is -2.20. The molecule has 1 aromatic rings. The van der Waals surface area contributed by atoms with E-state index in [0.29, 0.717) is 11.3 Å². The van der Waals surface area contributed by atoms with E-state index in [1.54, 1.807) is 0 Å². The zero-order chi connectivity index (χ0) is 9.47. The number of nitrogens with one attached hydrogen (secondary N) is 1. The number of aromatic nitrogens is 2. The molecule has 1 aliphatic rings. The molecule has 1 atom stereocenters. The Hall–Kier alpha value is -0.830. The second-order valence-electron chi connectivity index (χ2n) is 4.62. The highest BCUT2D eigenvalue weighted by Gasteiger charge is 2.35. The number of hydrogen-bond acceptors (Lipinski definition) is 2. The summed E-state index contributed by atoms with van der Waals surface area (Å²) in [5.41, 5.74) is 1.72. The number of rotatable bonds is 1. The molecule has 0 aromatic carbocycles. The smallest absolute Gasteiger partial charge is 0.0525 e. The van der Waals surface area contributed by atoms with Gasteiger partial charge in [0.05, 0.1) is 6.20 Å². The summed E-state index contributed by atoms with van der Waals surface area (Å²) in [4.78, 5) is 0. The fourth-order valence-corrected chi connectivity index (χ4v) is 2.13. The first-order valence-corrected chi connectivity index (χ1v) is 4.79. The highest BCUT2D eigenvalue weighted by molar-refractivity contribution is 5.18. The molecule has 0 radical (unpaired) electrons. The van der Waals surface area contributed by atoms with Crippen molar-refractivity contribution in [3.63, 3.8) is 0 Å². The van der Waals surface area contributed by atoms with Crippen LogP contribution in [0.3, 0.4) is 0 Å². The molecule has 1 aromatic heterocycles. The van der Waals surface area contributed by atoms with Gasteiger partial charge in [-0.25, -0.2) is 0 Å². The van der Waals surface area contributed by atoms with Crippen LogP contribution in [0.4, 0.5) is 0 Å². The molecule has 1 fully saturated rings. The highest BCUT2D eigenvalue weighted by atomic mass is 15.2. The topological polar surface area (TPSA) is 29.9 Å². The van der Waals surface area contributed by atoms with E-state index < -0.39 is 0 Å². The van der Waals surface area contributed by atoms with Crippen molar-refractivity contribution < 1.29 is 0 Å². The van der Waals surface area contributed by atoms with Crippen LogP contribution in [0.1, 0.15) is 25.3 Å². The summed E-state index contributed by atoms with van der Waals surface area (Å²) in [6.07, 6.45) is 4.11. The van der Waals surface area contributed by atoms with Crippen LogP contribution in [0, 0.1) is 5.41 Å². The second kappa shape index (κ2) is 2.84. The molecule has 0 bridgehead atoms. The minimum absolute atomic E-state index is 0.364. The van der Waals surface area contributed by atoms with E-state index in [0.717, 1.165) is 13.1 Å². The first-order valence-electron chi connectivity index (χ1n) is 4.79. The van der Waals surface area contributed by atoms with Gasteiger partial charge in [-0.2, -0.15) is 5.10 Å². The standard InChI is InChI=1S/C10H17N3/c1-10(2)7-11-5-9(10)8-4-12-13(3)6-8/h4,6,9,11H,5,7H2,1-3H3/t9-/m0/s1. The van der Waals surface area contributed by atoms with E-state index in [-0.39, 0.29) is 0 Å². The molecule has 2 heterocycles. The lowest BCUT2D eigenvalue weighted by Gasteiger charge is -2.24. The van der Waals surface area contributed by atoms with Gasteiger partial charge < -0.3 is 5.32 Å². The first-order chi connectivity index (χ1) is 6.09. The van der Waals surface area contributed by atoms with Gasteiger partial charge in [-0.1, -0.05) is 13.8 Å². The van der Waals surface area contributed by atoms with Crippen LogP contribution >= 0.6 is 0 Å². The monoisotopic (exact) mass is 179 g/mol. The first kappa shape index (κ1) is 8.75. The lowest BCUT2D eigenvalue weighted by atomic mass is 9.79. The summed E-state index contributed by atoms with van der Waals surface area (Å²) in [5, 5.41) is 7.65. The predicted molar refractivity (Wildman–Crippen MR) is 52.6 cm³/mol. The van der Waals surface area contributed by atoms with Gasteiger partial charge in [0.2, 0.25) is 0 Å². The molecular weight excluding hydrogens is 162 g/mol. The van der Waals surface area contributed by atoms with Crippen LogP contribution in [0.25, 0.3) is 0 Å². The maximum absolute atomic E-state index is 4.22. The van der Waals surface area contributed by atoms with Crippen LogP contribution in [0.15, 0.2) is 12.4 Å². The van der Waals surface area contributed by atoms with Gasteiger partial charge in [0, 0.05) is 32.3 Å². The van der Waals surface area contributed by atoms with Gasteiger partial charge in [0.15, 0.2) is 0 Å². The third kappa shape index (κ3) is 1.48. The van der Waals surface area contributed by atoms with E-state index in [2.05, 4.69) is 30.5 Å². The highest BCUT2D eigenvalue weighted by Crippen LogP contribution is 2.37. The molecule has 0 aliphatic carbocycles. The SMILES string of the molecule is Cn1cc([C@@H]2CNCC2(C)C)cn1. The van der Waals surface area contributed by atoms with Crippen molar-refractivity contribution in [2.75, 3.05) is 13.1 Å². The summed E-state index contributed by atoms with van der Waals surface area (Å²) in [7, 11) is 1.97. The molecule has 1 aliphatic heterocycles. The maximum Gasteiger partial charge on any atom is 0.0525 e. The molecule has 13 heavy (non-hydrogen) atoms. The molecule has 3 nitrogen and oxygen atoms in total. The van der Waals surface area contributed by atoms with Crippen molar-refractivity contribution in [2.24, 2.45) is 12.5 Å². The Balaban J connectivity index is 2.26. The van der Waals surface area contributed by atoms with Gasteiger partial charge in [-0.05, 0) is 11.0 Å². The van der Waals surface area contributed by atoms with Crippen molar-refractivity contribution in [2.45, 2.75) is 19.8 Å². The predicted octanol–water partition coefficient (Wildman–Crippen LogP) is 1.13. The van der Waals surface area contributed by atoms with Crippen molar-refractivity contribution in [3.05, 3.63) is 18.0 Å². The van der Waals surface area contributed by atoms with Gasteiger partial charge >= 0.3 is 0 Å². The normalized spacial score (nSPS) is 26.5. The Morgan fingerprint density at radius 2 is 2.38 bits per heavy atom. The Morgan fingerprint density at radius 3 is 2.85 bits per heavy atom. The van der Waals surface area contributed by atoms with Gasteiger partial charge in [0.1, 0.15) is 0 Å². The van der Waals surface area contributed by atoms with Crippen LogP contribution in [-0.2, 0) is 7.05 Å². The van der Waals surface area contributed by atoms with Crippen LogP contribution in [0.5, 0.6) is 0 Å². The molecule has 0 spiro atoms. The Bertz CT molecular complexity index is 301. The molecule has 0 saturated carbocycles. The molecule has 1 N–H and O–H groups in total. The maximum atomic E-state index is 4.22. The number of nitrogens with zero attached hydrogens (tertiary/aromatic N) is 2. The Kier molecular flexibility index (Phi) is 1.91. The van der Waals surface area contributed by atoms with Gasteiger partial charge in [-0.15, -0.1) is 0 Å². The average molecular weight is 179 g/mol. The Morgan fingerprint density at radius 1 is 1.62 bits per heavy atom. The summed E-state index contributed by atoms with van der Waals surface area (Å²) >= 11 is 0. The molecule has 1 saturated heterocycles. The molecule has 0 amide bonds. The Labute approximate surface area is 79.1 Å². The molecule has 2 rings (SSSR count). The van der Waals surface area contributed by atoms with Gasteiger partial charge in [0.25, 0.3) is 0 Å². The van der Waals surface area contributed by atoms with Crippen LogP contribution in [-0.4, -0.2) is 22.9 Å². The fraction of sp³-hybridized carbons (Fsp3) is 0.700. The minimum atomic E-state index is 0.364. The number of hydrogen-bond donors (Lipinski definition) is 1. The lowest BCUT2D eigenvalue weighted by molar-refractivity contribution is 0.363.